The van der Waals surface area contributed by atoms with Crippen LogP contribution >= 0.6 is 11.8 Å². The summed E-state index contributed by atoms with van der Waals surface area (Å²) < 4.78 is 26.3. The molecular weight excluding hydrogens is 352 g/mol. The van der Waals surface area contributed by atoms with Crippen LogP contribution in [0.3, 0.4) is 0 Å². The van der Waals surface area contributed by atoms with Gasteiger partial charge < -0.3 is 5.11 Å². The van der Waals surface area contributed by atoms with E-state index in [1.807, 2.05) is 43.3 Å². The van der Waals surface area contributed by atoms with E-state index in [0.717, 1.165) is 9.80 Å². The van der Waals surface area contributed by atoms with E-state index < -0.39 is 21.2 Å². The summed E-state index contributed by atoms with van der Waals surface area (Å²) in [5.74, 6) is -0.348. The first kappa shape index (κ1) is 18.2. The molecule has 0 bridgehead atoms. The van der Waals surface area contributed by atoms with Crippen LogP contribution in [0, 0.1) is 5.92 Å². The van der Waals surface area contributed by atoms with E-state index in [1.165, 1.54) is 0 Å². The highest BCUT2D eigenvalue weighted by Gasteiger charge is 2.36. The summed E-state index contributed by atoms with van der Waals surface area (Å²) in [6.07, 6.45) is 2.48. The third-order valence-corrected chi connectivity index (χ3v) is 7.91. The van der Waals surface area contributed by atoms with Crippen LogP contribution in [0.2, 0.25) is 0 Å². The second-order valence-electron chi connectivity index (χ2n) is 6.34. The van der Waals surface area contributed by atoms with E-state index in [2.05, 4.69) is 0 Å². The van der Waals surface area contributed by atoms with Crippen LogP contribution in [0.5, 0.6) is 0 Å². The van der Waals surface area contributed by atoms with Crippen molar-refractivity contribution < 1.29 is 13.5 Å². The number of hydrogen-bond acceptors (Lipinski definition) is 4. The average Bonchev–Trinajstić information content (AvgIpc) is 2.77. The molecule has 1 N–H and O–H groups in total. The van der Waals surface area contributed by atoms with E-state index in [1.54, 1.807) is 42.1 Å². The molecule has 0 heterocycles. The zero-order valence-corrected chi connectivity index (χ0v) is 15.7. The number of benzene rings is 2. The third-order valence-electron chi connectivity index (χ3n) is 4.58. The van der Waals surface area contributed by atoms with Gasteiger partial charge in [0.2, 0.25) is 0 Å². The lowest BCUT2D eigenvalue weighted by molar-refractivity contribution is 0.113. The zero-order chi connectivity index (χ0) is 17.9. The van der Waals surface area contributed by atoms with Crippen molar-refractivity contribution >= 4 is 21.6 Å². The minimum Gasteiger partial charge on any atom is -0.393 e. The number of sulfone groups is 1. The second-order valence-corrected chi connectivity index (χ2v) is 9.64. The Morgan fingerprint density at radius 2 is 1.60 bits per heavy atom. The smallest absolute Gasteiger partial charge is 0.185 e. The van der Waals surface area contributed by atoms with Gasteiger partial charge in [-0.1, -0.05) is 61.2 Å². The SMILES string of the molecule is C[C@H]1[C@H](O)CCC(Sc2ccccc2)=C[C@H]1S(=O)(=O)c1ccccc1. The molecule has 5 heteroatoms. The zero-order valence-electron chi connectivity index (χ0n) is 14.1. The summed E-state index contributed by atoms with van der Waals surface area (Å²) in [5.41, 5.74) is 0. The molecule has 3 rings (SSSR count). The molecule has 0 radical (unpaired) electrons. The lowest BCUT2D eigenvalue weighted by Crippen LogP contribution is -2.33. The van der Waals surface area contributed by atoms with E-state index in [-0.39, 0.29) is 5.92 Å². The predicted octanol–water partition coefficient (Wildman–Crippen LogP) is 4.30. The van der Waals surface area contributed by atoms with Gasteiger partial charge in [-0.15, -0.1) is 0 Å². The van der Waals surface area contributed by atoms with Gasteiger partial charge >= 0.3 is 0 Å². The molecule has 0 fully saturated rings. The molecule has 1 aliphatic carbocycles. The van der Waals surface area contributed by atoms with Crippen molar-refractivity contribution in [3.8, 4) is 0 Å². The van der Waals surface area contributed by atoms with Crippen molar-refractivity contribution in [2.45, 2.75) is 40.9 Å². The highest BCUT2D eigenvalue weighted by molar-refractivity contribution is 8.03. The number of aliphatic hydroxyl groups is 1. The molecule has 0 saturated carbocycles. The number of rotatable bonds is 4. The second kappa shape index (κ2) is 7.77. The summed E-state index contributed by atoms with van der Waals surface area (Å²) in [6, 6.07) is 18.4. The fraction of sp³-hybridized carbons (Fsp3) is 0.300. The predicted molar refractivity (Wildman–Crippen MR) is 102 cm³/mol. The number of aliphatic hydroxyl groups excluding tert-OH is 1. The molecule has 0 aliphatic heterocycles. The van der Waals surface area contributed by atoms with Crippen LogP contribution < -0.4 is 0 Å². The first-order valence-electron chi connectivity index (χ1n) is 8.39. The lowest BCUT2D eigenvalue weighted by atomic mass is 10.00. The fourth-order valence-electron chi connectivity index (χ4n) is 3.05. The third kappa shape index (κ3) is 4.17. The quantitative estimate of drug-likeness (QED) is 0.867. The molecule has 2 aromatic carbocycles. The van der Waals surface area contributed by atoms with Crippen LogP contribution in [0.15, 0.2) is 81.4 Å². The Balaban J connectivity index is 1.97. The molecule has 0 spiro atoms. The van der Waals surface area contributed by atoms with Crippen molar-refractivity contribution in [2.75, 3.05) is 0 Å². The minimum absolute atomic E-state index is 0.307. The Morgan fingerprint density at radius 3 is 2.24 bits per heavy atom. The van der Waals surface area contributed by atoms with Gasteiger partial charge in [-0.05, 0) is 42.0 Å². The van der Waals surface area contributed by atoms with Crippen molar-refractivity contribution in [1.29, 1.82) is 0 Å². The summed E-state index contributed by atoms with van der Waals surface area (Å²) in [4.78, 5) is 2.38. The Kier molecular flexibility index (Phi) is 5.67. The van der Waals surface area contributed by atoms with Crippen molar-refractivity contribution in [3.63, 3.8) is 0 Å². The highest BCUT2D eigenvalue weighted by atomic mass is 32.2. The highest BCUT2D eigenvalue weighted by Crippen LogP contribution is 2.37. The maximum absolute atomic E-state index is 13.1. The van der Waals surface area contributed by atoms with E-state index in [0.29, 0.717) is 17.7 Å². The van der Waals surface area contributed by atoms with Crippen LogP contribution in [0.1, 0.15) is 19.8 Å². The minimum atomic E-state index is -3.54. The monoisotopic (exact) mass is 374 g/mol. The Hall–Kier alpha value is -1.56. The normalized spacial score (nSPS) is 24.4. The summed E-state index contributed by atoms with van der Waals surface area (Å²) in [6.45, 7) is 1.82. The fourth-order valence-corrected chi connectivity index (χ4v) is 6.11. The Morgan fingerprint density at radius 1 is 1.00 bits per heavy atom. The van der Waals surface area contributed by atoms with Gasteiger partial charge in [0, 0.05) is 10.8 Å². The maximum Gasteiger partial charge on any atom is 0.185 e. The molecule has 3 atom stereocenters. The number of allylic oxidation sites excluding steroid dienone is 1. The Labute approximate surface area is 153 Å². The van der Waals surface area contributed by atoms with Gasteiger partial charge in [-0.2, -0.15) is 0 Å². The molecule has 0 unspecified atom stereocenters. The molecule has 1 aliphatic rings. The topological polar surface area (TPSA) is 54.4 Å². The molecule has 2 aromatic rings. The average molecular weight is 375 g/mol. The van der Waals surface area contributed by atoms with Gasteiger partial charge in [-0.25, -0.2) is 8.42 Å². The standard InChI is InChI=1S/C20H22O3S2/c1-15-19(21)13-12-17(24-16-8-4-2-5-9-16)14-20(15)25(22,23)18-10-6-3-7-11-18/h2-11,14-15,19-21H,12-13H2,1H3/t15-,19+,20+/m0/s1. The van der Waals surface area contributed by atoms with Gasteiger partial charge in [0.1, 0.15) is 0 Å². The maximum atomic E-state index is 13.1. The molecular formula is C20H22O3S2. The van der Waals surface area contributed by atoms with Crippen LogP contribution in [0.25, 0.3) is 0 Å². The van der Waals surface area contributed by atoms with Crippen LogP contribution in [-0.2, 0) is 9.84 Å². The largest absolute Gasteiger partial charge is 0.393 e. The lowest BCUT2D eigenvalue weighted by Gasteiger charge is -2.23. The van der Waals surface area contributed by atoms with Crippen molar-refractivity contribution in [2.24, 2.45) is 5.92 Å². The van der Waals surface area contributed by atoms with Gasteiger partial charge in [-0.3, -0.25) is 0 Å². The molecule has 132 valence electrons. The van der Waals surface area contributed by atoms with Gasteiger partial charge in [0.05, 0.1) is 16.2 Å². The van der Waals surface area contributed by atoms with Gasteiger partial charge in [0.25, 0.3) is 0 Å². The summed E-state index contributed by atoms with van der Waals surface area (Å²) >= 11 is 1.58. The van der Waals surface area contributed by atoms with Crippen molar-refractivity contribution in [1.82, 2.24) is 0 Å². The van der Waals surface area contributed by atoms with E-state index in [9.17, 15) is 13.5 Å². The Bertz CT molecular complexity index is 830. The molecule has 0 aromatic heterocycles. The van der Waals surface area contributed by atoms with E-state index >= 15 is 0 Å². The summed E-state index contributed by atoms with van der Waals surface area (Å²) in [5, 5.41) is 9.69. The molecule has 0 saturated heterocycles. The first-order valence-corrected chi connectivity index (χ1v) is 10.8. The van der Waals surface area contributed by atoms with Crippen LogP contribution in [-0.4, -0.2) is 24.9 Å². The first-order chi connectivity index (χ1) is 12.0. The van der Waals surface area contributed by atoms with Crippen LogP contribution in [0.4, 0.5) is 0 Å². The van der Waals surface area contributed by atoms with E-state index in [4.69, 9.17) is 0 Å². The number of thioether (sulfide) groups is 1. The summed E-state index contributed by atoms with van der Waals surface area (Å²) in [7, 11) is -3.54. The number of hydrogen-bond donors (Lipinski definition) is 1. The van der Waals surface area contributed by atoms with Gasteiger partial charge in [0.15, 0.2) is 9.84 Å². The molecule has 3 nitrogen and oxygen atoms in total. The molecule has 0 amide bonds. The molecule has 25 heavy (non-hydrogen) atoms. The van der Waals surface area contributed by atoms with Crippen molar-refractivity contribution in [3.05, 3.63) is 71.6 Å².